The number of para-hydroxylation sites is 1. The molecule has 3 heteroatoms. The highest BCUT2D eigenvalue weighted by molar-refractivity contribution is 5.87. The van der Waals surface area contributed by atoms with Crippen LogP contribution in [-0.4, -0.2) is 5.97 Å². The lowest BCUT2D eigenvalue weighted by atomic mass is 10.1. The van der Waals surface area contributed by atoms with Crippen LogP contribution in [0.4, 0.5) is 0 Å². The molecule has 0 aliphatic rings. The summed E-state index contributed by atoms with van der Waals surface area (Å²) in [6, 6.07) is 8.83. The van der Waals surface area contributed by atoms with Crippen molar-refractivity contribution in [1.82, 2.24) is 0 Å². The maximum atomic E-state index is 11.3. The van der Waals surface area contributed by atoms with Gasteiger partial charge in [-0.15, -0.1) is 0 Å². The summed E-state index contributed by atoms with van der Waals surface area (Å²) in [4.78, 5) is 20.8. The molecule has 0 spiro atoms. The molecule has 0 aliphatic carbocycles. The Morgan fingerprint density at radius 1 is 1.27 bits per heavy atom. The van der Waals surface area contributed by atoms with Crippen LogP contribution in [0.15, 0.2) is 42.5 Å². The molecule has 0 bridgehead atoms. The number of hydrogen-bond donors (Lipinski definition) is 0. The van der Waals surface area contributed by atoms with Gasteiger partial charge in [0.25, 0.3) is 0 Å². The van der Waals surface area contributed by atoms with Gasteiger partial charge in [0, 0.05) is 5.57 Å². The van der Waals surface area contributed by atoms with Crippen molar-refractivity contribution in [1.29, 1.82) is 0 Å². The Balaban J connectivity index is 2.45. The van der Waals surface area contributed by atoms with E-state index in [0.29, 0.717) is 11.3 Å². The van der Waals surface area contributed by atoms with Crippen molar-refractivity contribution in [3.63, 3.8) is 0 Å². The highest BCUT2D eigenvalue weighted by Gasteiger charge is 2.13. The van der Waals surface area contributed by atoms with Crippen LogP contribution in [0.1, 0.15) is 13.8 Å². The maximum Gasteiger partial charge on any atom is 0.381 e. The third-order valence-electron chi connectivity index (χ3n) is 1.92. The van der Waals surface area contributed by atoms with Crippen molar-refractivity contribution in [3.05, 3.63) is 42.5 Å². The van der Waals surface area contributed by atoms with E-state index in [2.05, 4.69) is 11.5 Å². The van der Waals surface area contributed by atoms with Crippen molar-refractivity contribution in [2.24, 2.45) is 5.92 Å². The Labute approximate surface area is 89.2 Å². The SMILES string of the molecule is C=C(C(=O)OOc1ccccc1)C(C)C. The quantitative estimate of drug-likeness (QED) is 0.431. The maximum absolute atomic E-state index is 11.3. The van der Waals surface area contributed by atoms with E-state index in [4.69, 9.17) is 4.89 Å². The summed E-state index contributed by atoms with van der Waals surface area (Å²) in [5.41, 5.74) is 0.394. The smallest absolute Gasteiger partial charge is 0.287 e. The van der Waals surface area contributed by atoms with E-state index in [9.17, 15) is 4.79 Å². The van der Waals surface area contributed by atoms with E-state index >= 15 is 0 Å². The van der Waals surface area contributed by atoms with Crippen molar-refractivity contribution in [2.75, 3.05) is 0 Å². The van der Waals surface area contributed by atoms with Crippen LogP contribution in [0.2, 0.25) is 0 Å². The van der Waals surface area contributed by atoms with Crippen LogP contribution < -0.4 is 4.89 Å². The van der Waals surface area contributed by atoms with E-state index in [-0.39, 0.29) is 5.92 Å². The van der Waals surface area contributed by atoms with E-state index in [1.165, 1.54) is 0 Å². The topological polar surface area (TPSA) is 35.5 Å². The molecule has 0 aromatic heterocycles. The van der Waals surface area contributed by atoms with E-state index < -0.39 is 5.97 Å². The van der Waals surface area contributed by atoms with E-state index in [1.54, 1.807) is 24.3 Å². The number of carbonyl (C=O) groups excluding carboxylic acids is 1. The summed E-state index contributed by atoms with van der Waals surface area (Å²) >= 11 is 0. The first kappa shape index (κ1) is 11.3. The molecule has 1 rings (SSSR count). The molecule has 15 heavy (non-hydrogen) atoms. The molecule has 0 amide bonds. The van der Waals surface area contributed by atoms with Gasteiger partial charge in [0.1, 0.15) is 0 Å². The first-order valence-corrected chi connectivity index (χ1v) is 4.74. The minimum Gasteiger partial charge on any atom is -0.287 e. The summed E-state index contributed by atoms with van der Waals surface area (Å²) in [6.07, 6.45) is 0. The zero-order valence-corrected chi connectivity index (χ0v) is 8.90. The molecule has 0 saturated carbocycles. The summed E-state index contributed by atoms with van der Waals surface area (Å²) in [5.74, 6) is 0.00753. The van der Waals surface area contributed by atoms with Gasteiger partial charge in [-0.3, -0.25) is 4.89 Å². The fourth-order valence-electron chi connectivity index (χ4n) is 0.851. The van der Waals surface area contributed by atoms with Crippen LogP contribution in [-0.2, 0) is 9.68 Å². The number of carbonyl (C=O) groups is 1. The van der Waals surface area contributed by atoms with Gasteiger partial charge < -0.3 is 0 Å². The van der Waals surface area contributed by atoms with Crippen molar-refractivity contribution in [3.8, 4) is 5.75 Å². The molecule has 1 aromatic carbocycles. The average molecular weight is 206 g/mol. The van der Waals surface area contributed by atoms with Crippen molar-refractivity contribution < 1.29 is 14.6 Å². The molecular weight excluding hydrogens is 192 g/mol. The molecule has 0 radical (unpaired) electrons. The Bertz CT molecular complexity index is 341. The molecular formula is C12H14O3. The third kappa shape index (κ3) is 3.46. The second-order valence-corrected chi connectivity index (χ2v) is 3.45. The Kier molecular flexibility index (Phi) is 3.92. The lowest BCUT2D eigenvalue weighted by molar-refractivity contribution is -0.209. The van der Waals surface area contributed by atoms with Gasteiger partial charge in [0.2, 0.25) is 0 Å². The Morgan fingerprint density at radius 3 is 2.40 bits per heavy atom. The van der Waals surface area contributed by atoms with Crippen molar-refractivity contribution in [2.45, 2.75) is 13.8 Å². The lowest BCUT2D eigenvalue weighted by Crippen LogP contribution is -2.13. The van der Waals surface area contributed by atoms with Gasteiger partial charge in [0.15, 0.2) is 5.75 Å². The van der Waals surface area contributed by atoms with E-state index in [0.717, 1.165) is 0 Å². The molecule has 0 unspecified atom stereocenters. The summed E-state index contributed by atoms with van der Waals surface area (Å²) in [5, 5.41) is 0. The molecule has 1 aromatic rings. The Hall–Kier alpha value is -1.77. The molecule has 0 fully saturated rings. The molecule has 0 saturated heterocycles. The predicted molar refractivity (Wildman–Crippen MR) is 57.1 cm³/mol. The first-order valence-electron chi connectivity index (χ1n) is 4.74. The summed E-state index contributed by atoms with van der Waals surface area (Å²) < 4.78 is 0. The average Bonchev–Trinajstić information content (AvgIpc) is 2.26. The Morgan fingerprint density at radius 2 is 1.87 bits per heavy atom. The third-order valence-corrected chi connectivity index (χ3v) is 1.92. The number of rotatable bonds is 4. The molecule has 0 N–H and O–H groups in total. The number of hydrogen-bond acceptors (Lipinski definition) is 3. The van der Waals surface area contributed by atoms with Crippen LogP contribution in [0.25, 0.3) is 0 Å². The molecule has 0 aliphatic heterocycles. The van der Waals surface area contributed by atoms with Crippen LogP contribution >= 0.6 is 0 Å². The van der Waals surface area contributed by atoms with Gasteiger partial charge in [-0.05, 0) is 18.1 Å². The second-order valence-electron chi connectivity index (χ2n) is 3.45. The van der Waals surface area contributed by atoms with Gasteiger partial charge in [-0.1, -0.05) is 38.6 Å². The number of benzene rings is 1. The molecule has 80 valence electrons. The van der Waals surface area contributed by atoms with E-state index in [1.807, 2.05) is 19.9 Å². The van der Waals surface area contributed by atoms with Crippen molar-refractivity contribution >= 4 is 5.97 Å². The highest BCUT2D eigenvalue weighted by atomic mass is 17.2. The van der Waals surface area contributed by atoms with Gasteiger partial charge in [-0.2, -0.15) is 0 Å². The fraction of sp³-hybridized carbons (Fsp3) is 0.250. The second kappa shape index (κ2) is 5.20. The van der Waals surface area contributed by atoms with Gasteiger partial charge >= 0.3 is 5.97 Å². The zero-order valence-electron chi connectivity index (χ0n) is 8.90. The monoisotopic (exact) mass is 206 g/mol. The van der Waals surface area contributed by atoms with Crippen LogP contribution in [0, 0.1) is 5.92 Å². The molecule has 0 atom stereocenters. The summed E-state index contributed by atoms with van der Waals surface area (Å²) in [7, 11) is 0. The minimum absolute atomic E-state index is 0.0527. The summed E-state index contributed by atoms with van der Waals surface area (Å²) in [6.45, 7) is 7.35. The zero-order chi connectivity index (χ0) is 11.3. The minimum atomic E-state index is -0.533. The lowest BCUT2D eigenvalue weighted by Gasteiger charge is -2.08. The molecule has 0 heterocycles. The van der Waals surface area contributed by atoms with Crippen LogP contribution in [0.3, 0.4) is 0 Å². The largest absolute Gasteiger partial charge is 0.381 e. The normalized spacial score (nSPS) is 9.80. The van der Waals surface area contributed by atoms with Crippen LogP contribution in [0.5, 0.6) is 5.75 Å². The fourth-order valence-corrected chi connectivity index (χ4v) is 0.851. The standard InChI is InChI=1S/C12H14O3/c1-9(2)10(3)12(13)15-14-11-7-5-4-6-8-11/h4-9H,3H2,1-2H3. The predicted octanol–water partition coefficient (Wildman–Crippen LogP) is 2.74. The van der Waals surface area contributed by atoms with Gasteiger partial charge in [-0.25, -0.2) is 9.68 Å². The highest BCUT2D eigenvalue weighted by Crippen LogP contribution is 2.12. The van der Waals surface area contributed by atoms with Gasteiger partial charge in [0.05, 0.1) is 0 Å². The first-order chi connectivity index (χ1) is 7.11. The molecule has 3 nitrogen and oxygen atoms in total.